The molecule has 472 valence electrons. The molecule has 0 bridgehead atoms. The van der Waals surface area contributed by atoms with E-state index in [0.717, 1.165) is 32.7 Å². The lowest BCUT2D eigenvalue weighted by Crippen LogP contribution is -2.60. The zero-order valence-corrected chi connectivity index (χ0v) is 49.2. The van der Waals surface area contributed by atoms with E-state index in [1.54, 1.807) is 24.7 Å². The maximum Gasteiger partial charge on any atom is 0.243 e. The number of unbranched alkanes of at least 4 members (excludes halogenated alkanes) is 1. The number of hydrogen-bond acceptors (Lipinski definition) is 12. The van der Waals surface area contributed by atoms with E-state index in [1.807, 2.05) is 66.7 Å². The number of para-hydroxylation sites is 3. The molecule has 0 aliphatic heterocycles. The first-order valence-corrected chi connectivity index (χ1v) is 29.1. The molecule has 0 radical (unpaired) electrons. The lowest BCUT2D eigenvalue weighted by atomic mass is 10.0. The molecule has 0 saturated heterocycles. The van der Waals surface area contributed by atoms with Crippen LogP contribution in [0, 0.1) is 0 Å². The second-order valence-corrected chi connectivity index (χ2v) is 21.4. The number of nitrogens with one attached hydrogen (secondary N) is 10. The number of aliphatic imine (C=N–C) groups is 3. The van der Waals surface area contributed by atoms with Crippen molar-refractivity contribution < 1.29 is 38.4 Å². The molecule has 0 aliphatic carbocycles. The molecular formula is C59H83N21O8. The van der Waals surface area contributed by atoms with Crippen molar-refractivity contribution in [2.75, 3.05) is 26.2 Å². The van der Waals surface area contributed by atoms with E-state index in [2.05, 4.69) is 67.1 Å². The van der Waals surface area contributed by atoms with Crippen LogP contribution in [0.25, 0.3) is 32.7 Å². The molecule has 6 aromatic rings. The van der Waals surface area contributed by atoms with E-state index in [0.29, 0.717) is 36.1 Å². The molecule has 0 unspecified atom stereocenters. The fourth-order valence-electron chi connectivity index (χ4n) is 10.0. The van der Waals surface area contributed by atoms with Crippen LogP contribution in [0.3, 0.4) is 0 Å². The smallest absolute Gasteiger partial charge is 0.243 e. The van der Waals surface area contributed by atoms with Crippen molar-refractivity contribution >= 4 is 97.8 Å². The maximum atomic E-state index is 15.1. The highest BCUT2D eigenvalue weighted by molar-refractivity contribution is 5.98. The monoisotopic (exact) mass is 1210 g/mol. The number of H-pyrrole nitrogens is 3. The van der Waals surface area contributed by atoms with Gasteiger partial charge in [0.2, 0.25) is 47.3 Å². The lowest BCUT2D eigenvalue weighted by molar-refractivity contribution is -0.135. The molecule has 29 nitrogen and oxygen atoms in total. The van der Waals surface area contributed by atoms with Crippen LogP contribution in [-0.2, 0) is 57.6 Å². The minimum Gasteiger partial charge on any atom is -0.370 e. The third-order valence-corrected chi connectivity index (χ3v) is 14.6. The molecule has 7 atom stereocenters. The third-order valence-electron chi connectivity index (χ3n) is 14.6. The molecule has 0 aliphatic rings. The Morgan fingerprint density at radius 2 is 0.727 bits per heavy atom. The Kier molecular flexibility index (Phi) is 25.5. The van der Waals surface area contributed by atoms with Crippen LogP contribution in [0.4, 0.5) is 0 Å². The molecule has 26 N–H and O–H groups in total. The molecule has 0 spiro atoms. The molecular weight excluding hydrogens is 1130 g/mol. The van der Waals surface area contributed by atoms with Gasteiger partial charge in [0.25, 0.3) is 0 Å². The number of rotatable bonds is 36. The quantitative estimate of drug-likeness (QED) is 0.0119. The highest BCUT2D eigenvalue weighted by atomic mass is 16.2. The van der Waals surface area contributed by atoms with E-state index in [-0.39, 0.29) is 108 Å². The van der Waals surface area contributed by atoms with Gasteiger partial charge in [0.1, 0.15) is 36.3 Å². The summed E-state index contributed by atoms with van der Waals surface area (Å²) in [5.41, 5.74) is 50.1. The summed E-state index contributed by atoms with van der Waals surface area (Å²) in [6.45, 7) is 1.98. The molecule has 29 heteroatoms. The van der Waals surface area contributed by atoms with Gasteiger partial charge in [-0.2, -0.15) is 0 Å². The van der Waals surface area contributed by atoms with Crippen molar-refractivity contribution in [1.29, 1.82) is 0 Å². The van der Waals surface area contributed by atoms with Crippen molar-refractivity contribution in [2.45, 2.75) is 126 Å². The zero-order valence-electron chi connectivity index (χ0n) is 49.2. The molecule has 3 aromatic carbocycles. The van der Waals surface area contributed by atoms with Gasteiger partial charge in [-0.3, -0.25) is 53.3 Å². The van der Waals surface area contributed by atoms with Gasteiger partial charge in [-0.05, 0) is 92.7 Å². The van der Waals surface area contributed by atoms with E-state index in [9.17, 15) is 28.8 Å². The lowest BCUT2D eigenvalue weighted by Gasteiger charge is -2.28. The number of guanidine groups is 3. The zero-order chi connectivity index (χ0) is 63.7. The van der Waals surface area contributed by atoms with E-state index in [1.165, 1.54) is 6.92 Å². The first kappa shape index (κ1) is 66.9. The Morgan fingerprint density at radius 1 is 0.409 bits per heavy atom. The summed E-state index contributed by atoms with van der Waals surface area (Å²) in [6.07, 6.45) is 6.52. The number of aromatic amines is 3. The summed E-state index contributed by atoms with van der Waals surface area (Å²) in [7, 11) is 0. The molecule has 0 saturated carbocycles. The average Bonchev–Trinajstić information content (AvgIpc) is 3.72. The molecule has 3 aromatic heterocycles. The number of hydrogen-bond donors (Lipinski definition) is 18. The number of carbonyl (C=O) groups excluding carboxylic acids is 8. The normalized spacial score (nSPS) is 13.5. The van der Waals surface area contributed by atoms with E-state index >= 15 is 9.59 Å². The van der Waals surface area contributed by atoms with Crippen molar-refractivity contribution in [3.63, 3.8) is 0 Å². The fraction of sp³-hybridized carbons (Fsp3) is 0.407. The summed E-state index contributed by atoms with van der Waals surface area (Å²) in [5.74, 6) is -6.28. The number of carbonyl (C=O) groups is 8. The van der Waals surface area contributed by atoms with Gasteiger partial charge >= 0.3 is 0 Å². The van der Waals surface area contributed by atoms with Crippen LogP contribution in [0.2, 0.25) is 0 Å². The van der Waals surface area contributed by atoms with Crippen molar-refractivity contribution in [2.24, 2.45) is 60.8 Å². The number of amides is 8. The minimum absolute atomic E-state index is 0.0102. The van der Waals surface area contributed by atoms with E-state index < -0.39 is 83.6 Å². The van der Waals surface area contributed by atoms with Crippen molar-refractivity contribution in [3.8, 4) is 0 Å². The number of fused-ring (bicyclic) bond motifs is 3. The Morgan fingerprint density at radius 3 is 1.08 bits per heavy atom. The molecule has 3 heterocycles. The highest BCUT2D eigenvalue weighted by Crippen LogP contribution is 2.23. The van der Waals surface area contributed by atoms with Crippen molar-refractivity contribution in [1.82, 2.24) is 52.2 Å². The summed E-state index contributed by atoms with van der Waals surface area (Å²) in [4.78, 5) is 134. The molecule has 0 fully saturated rings. The number of aromatic nitrogens is 3. The second-order valence-electron chi connectivity index (χ2n) is 21.4. The Hall–Kier alpha value is -10.2. The SMILES string of the molecule is CC(=O)NCCCC[C@H](N)C(=O)N[C@@H](CCCN=C(N)N)C(=O)N[C@@H](Cc1c[nH]c2ccccc12)C(=O)N[C@@H](CCCN=C(N)N)C(=O)N[C@@H](Cc1c[nH]c2ccccc12)C(=O)N[C@@H](CCCN=C(N)N)C(=O)N[C@@H](Cc1c[nH]c2ccccc12)C(N)=O. The number of benzene rings is 3. The van der Waals surface area contributed by atoms with Gasteiger partial charge in [0.05, 0.1) is 6.04 Å². The minimum atomic E-state index is -1.44. The van der Waals surface area contributed by atoms with Gasteiger partial charge in [0, 0.05) is 104 Å². The predicted octanol–water partition coefficient (Wildman–Crippen LogP) is -1.65. The van der Waals surface area contributed by atoms with Crippen LogP contribution < -0.4 is 83.1 Å². The first-order valence-electron chi connectivity index (χ1n) is 29.1. The largest absolute Gasteiger partial charge is 0.370 e. The van der Waals surface area contributed by atoms with Crippen LogP contribution in [0.5, 0.6) is 0 Å². The standard InChI is InChI=1S/C59H83N21O8/c1-33(81)68-23-9-8-16-40(60)51(83)75-44(20-10-24-69-57(62)63)53(85)79-48(28-35-31-73-42-18-6-3-14-38(35)42)56(88)77-46(22-12-26-71-59(66)67)54(86)80-49(29-36-32-74-43-19-7-4-15-39(36)43)55(87)76-45(21-11-25-70-58(64)65)52(84)78-47(50(61)82)27-34-30-72-41-17-5-2-13-37(34)41/h2-7,13-15,17-19,30-32,40,44-49,72-74H,8-12,16,20-29,60H2,1H3,(H2,61,82)(H,68,81)(H,75,83)(H,76,87)(H,77,88)(H,78,84)(H,79,85)(H,80,86)(H4,62,63,69)(H4,64,65,70)(H4,66,67,71)/t40-,44-,45-,46-,47-,48-,49-/m0/s1. The molecule has 88 heavy (non-hydrogen) atoms. The topological polar surface area (TPSA) is 513 Å². The summed E-state index contributed by atoms with van der Waals surface area (Å²) < 4.78 is 0. The summed E-state index contributed by atoms with van der Waals surface area (Å²) >= 11 is 0. The number of primary amides is 1. The molecule has 8 amide bonds. The maximum absolute atomic E-state index is 15.1. The van der Waals surface area contributed by atoms with Crippen molar-refractivity contribution in [3.05, 3.63) is 108 Å². The van der Waals surface area contributed by atoms with Gasteiger partial charge in [0.15, 0.2) is 17.9 Å². The van der Waals surface area contributed by atoms with Crippen LogP contribution in [0.1, 0.15) is 81.4 Å². The summed E-state index contributed by atoms with van der Waals surface area (Å²) in [6, 6.07) is 12.9. The first-order chi connectivity index (χ1) is 42.2. The molecule has 6 rings (SSSR count). The Labute approximate surface area is 508 Å². The average molecular weight is 1210 g/mol. The number of nitrogens with two attached hydrogens (primary N) is 8. The van der Waals surface area contributed by atoms with Crippen LogP contribution >= 0.6 is 0 Å². The predicted molar refractivity (Wildman–Crippen MR) is 337 cm³/mol. The highest BCUT2D eigenvalue weighted by Gasteiger charge is 2.35. The van der Waals surface area contributed by atoms with Gasteiger partial charge < -0.3 is 98.0 Å². The van der Waals surface area contributed by atoms with Gasteiger partial charge in [-0.1, -0.05) is 54.6 Å². The van der Waals surface area contributed by atoms with Crippen LogP contribution in [-0.4, -0.2) is 149 Å². The fourth-order valence-corrected chi connectivity index (χ4v) is 10.0. The summed E-state index contributed by atoms with van der Waals surface area (Å²) in [5, 5.41) is 21.7. The van der Waals surface area contributed by atoms with Gasteiger partial charge in [-0.15, -0.1) is 0 Å². The van der Waals surface area contributed by atoms with E-state index in [4.69, 9.17) is 45.9 Å². The second kappa shape index (κ2) is 33.5. The Bertz CT molecular complexity index is 3450. The number of nitrogens with zero attached hydrogens (tertiary/aromatic N) is 3. The third kappa shape index (κ3) is 20.8. The van der Waals surface area contributed by atoms with Crippen LogP contribution in [0.15, 0.2) is 106 Å². The Balaban J connectivity index is 1.31. The van der Waals surface area contributed by atoms with Gasteiger partial charge in [-0.25, -0.2) is 0 Å².